The number of anilines is 1. The Morgan fingerprint density at radius 3 is 2.76 bits per heavy atom. The molecule has 7 nitrogen and oxygen atoms in total. The molecule has 7 heteroatoms. The van der Waals surface area contributed by atoms with Crippen LogP contribution in [-0.2, 0) is 0 Å². The van der Waals surface area contributed by atoms with Crippen molar-refractivity contribution in [2.45, 2.75) is 12.8 Å². The van der Waals surface area contributed by atoms with Gasteiger partial charge < -0.3 is 10.0 Å². The lowest BCUT2D eigenvalue weighted by molar-refractivity contribution is -0.384. The standard InChI is InChI=1S/C14H16N4O3/c19-8-10-3-5-17(6-4-10)14-12-7-11(18(20)21)1-2-13(12)15-9-16-14/h1-2,7,9-10,19H,3-6,8H2. The molecule has 0 atom stereocenters. The van der Waals surface area contributed by atoms with Gasteiger partial charge in [-0.2, -0.15) is 0 Å². The molecule has 0 saturated carbocycles. The Labute approximate surface area is 121 Å². The Kier molecular flexibility index (Phi) is 3.66. The zero-order valence-electron chi connectivity index (χ0n) is 11.5. The van der Waals surface area contributed by atoms with Crippen LogP contribution >= 0.6 is 0 Å². The molecule has 1 aromatic carbocycles. The fourth-order valence-corrected chi connectivity index (χ4v) is 2.72. The third-order valence-electron chi connectivity index (χ3n) is 3.98. The third-order valence-corrected chi connectivity index (χ3v) is 3.98. The summed E-state index contributed by atoms with van der Waals surface area (Å²) in [7, 11) is 0. The topological polar surface area (TPSA) is 92.4 Å². The van der Waals surface area contributed by atoms with E-state index in [1.807, 2.05) is 0 Å². The van der Waals surface area contributed by atoms with Crippen LogP contribution < -0.4 is 4.90 Å². The molecule has 110 valence electrons. The summed E-state index contributed by atoms with van der Waals surface area (Å²) >= 11 is 0. The average molecular weight is 288 g/mol. The SMILES string of the molecule is O=[N+]([O-])c1ccc2ncnc(N3CCC(CO)CC3)c2c1. The normalized spacial score (nSPS) is 16.3. The van der Waals surface area contributed by atoms with Crippen molar-refractivity contribution in [3.63, 3.8) is 0 Å². The smallest absolute Gasteiger partial charge is 0.270 e. The molecule has 1 aliphatic heterocycles. The minimum absolute atomic E-state index is 0.0452. The van der Waals surface area contributed by atoms with Gasteiger partial charge in [-0.15, -0.1) is 0 Å². The number of nitrogens with zero attached hydrogens (tertiary/aromatic N) is 4. The summed E-state index contributed by atoms with van der Waals surface area (Å²) < 4.78 is 0. The number of aromatic nitrogens is 2. The molecule has 0 amide bonds. The molecule has 2 aromatic rings. The molecule has 3 rings (SSSR count). The number of hydrogen-bond donors (Lipinski definition) is 1. The number of nitro benzene ring substituents is 1. The Morgan fingerprint density at radius 1 is 1.33 bits per heavy atom. The van der Waals surface area contributed by atoms with Crippen LogP contribution in [0.3, 0.4) is 0 Å². The molecule has 2 heterocycles. The van der Waals surface area contributed by atoms with Gasteiger partial charge in [0, 0.05) is 37.2 Å². The van der Waals surface area contributed by atoms with E-state index in [0.29, 0.717) is 16.8 Å². The van der Waals surface area contributed by atoms with Gasteiger partial charge in [0.05, 0.1) is 10.4 Å². The first kappa shape index (κ1) is 13.7. The summed E-state index contributed by atoms with van der Waals surface area (Å²) in [5, 5.41) is 20.8. The van der Waals surface area contributed by atoms with Crippen LogP contribution in [0.2, 0.25) is 0 Å². The molecule has 0 aliphatic carbocycles. The van der Waals surface area contributed by atoms with E-state index >= 15 is 0 Å². The van der Waals surface area contributed by atoms with Crippen LogP contribution in [-0.4, -0.2) is 39.7 Å². The van der Waals surface area contributed by atoms with Crippen LogP contribution in [0, 0.1) is 16.0 Å². The molecule has 21 heavy (non-hydrogen) atoms. The summed E-state index contributed by atoms with van der Waals surface area (Å²) in [6, 6.07) is 4.64. The van der Waals surface area contributed by atoms with Gasteiger partial charge in [-0.3, -0.25) is 10.1 Å². The van der Waals surface area contributed by atoms with Crippen molar-refractivity contribution in [2.75, 3.05) is 24.6 Å². The quantitative estimate of drug-likeness (QED) is 0.683. The molecular weight excluding hydrogens is 272 g/mol. The zero-order chi connectivity index (χ0) is 14.8. The second-order valence-corrected chi connectivity index (χ2v) is 5.27. The van der Waals surface area contributed by atoms with Gasteiger partial charge in [0.2, 0.25) is 0 Å². The van der Waals surface area contributed by atoms with Crippen molar-refractivity contribution in [1.29, 1.82) is 0 Å². The van der Waals surface area contributed by atoms with Gasteiger partial charge in [-0.05, 0) is 24.8 Å². The second kappa shape index (κ2) is 5.61. The number of rotatable bonds is 3. The molecule has 0 unspecified atom stereocenters. The molecule has 1 aliphatic rings. The summed E-state index contributed by atoms with van der Waals surface area (Å²) in [5.74, 6) is 1.07. The number of piperidine rings is 1. The highest BCUT2D eigenvalue weighted by atomic mass is 16.6. The molecule has 0 bridgehead atoms. The molecule has 1 fully saturated rings. The summed E-state index contributed by atoms with van der Waals surface area (Å²) in [4.78, 5) is 21.1. The molecular formula is C14H16N4O3. The predicted molar refractivity (Wildman–Crippen MR) is 78.2 cm³/mol. The van der Waals surface area contributed by atoms with Crippen LogP contribution in [0.15, 0.2) is 24.5 Å². The summed E-state index contributed by atoms with van der Waals surface area (Å²) in [5.41, 5.74) is 0.749. The van der Waals surface area contributed by atoms with E-state index in [-0.39, 0.29) is 12.3 Å². The highest BCUT2D eigenvalue weighted by Gasteiger charge is 2.21. The number of nitro groups is 1. The van der Waals surface area contributed by atoms with Gasteiger partial charge >= 0.3 is 0 Å². The lowest BCUT2D eigenvalue weighted by atomic mass is 9.97. The van der Waals surface area contributed by atoms with Crippen LogP contribution in [0.4, 0.5) is 11.5 Å². The molecule has 0 spiro atoms. The van der Waals surface area contributed by atoms with Gasteiger partial charge in [0.1, 0.15) is 12.1 Å². The van der Waals surface area contributed by atoms with Crippen LogP contribution in [0.25, 0.3) is 10.9 Å². The first-order chi connectivity index (χ1) is 10.2. The molecule has 1 aromatic heterocycles. The molecule has 1 N–H and O–H groups in total. The van der Waals surface area contributed by atoms with Gasteiger partial charge in [0.25, 0.3) is 5.69 Å². The Bertz CT molecular complexity index is 668. The fourth-order valence-electron chi connectivity index (χ4n) is 2.72. The Morgan fingerprint density at radius 2 is 2.10 bits per heavy atom. The number of aliphatic hydroxyl groups is 1. The third kappa shape index (κ3) is 2.64. The fraction of sp³-hybridized carbons (Fsp3) is 0.429. The maximum Gasteiger partial charge on any atom is 0.270 e. The lowest BCUT2D eigenvalue weighted by Gasteiger charge is -2.32. The van der Waals surface area contributed by atoms with Crippen molar-refractivity contribution in [3.8, 4) is 0 Å². The Hall–Kier alpha value is -2.28. The summed E-state index contributed by atoms with van der Waals surface area (Å²) in [6.45, 7) is 1.80. The van der Waals surface area contributed by atoms with Crippen molar-refractivity contribution in [1.82, 2.24) is 9.97 Å². The maximum atomic E-state index is 10.9. The predicted octanol–water partition coefficient (Wildman–Crippen LogP) is 1.75. The molecule has 0 radical (unpaired) electrons. The maximum absolute atomic E-state index is 10.9. The minimum atomic E-state index is -0.409. The number of aliphatic hydroxyl groups excluding tert-OH is 1. The van der Waals surface area contributed by atoms with E-state index in [9.17, 15) is 15.2 Å². The van der Waals surface area contributed by atoms with Crippen molar-refractivity contribution in [3.05, 3.63) is 34.6 Å². The number of hydrogen-bond acceptors (Lipinski definition) is 6. The van der Waals surface area contributed by atoms with E-state index in [1.54, 1.807) is 6.07 Å². The van der Waals surface area contributed by atoms with E-state index in [2.05, 4.69) is 14.9 Å². The first-order valence-electron chi connectivity index (χ1n) is 6.94. The monoisotopic (exact) mass is 288 g/mol. The van der Waals surface area contributed by atoms with E-state index in [1.165, 1.54) is 18.5 Å². The number of benzene rings is 1. The number of fused-ring (bicyclic) bond motifs is 1. The highest BCUT2D eigenvalue weighted by Crippen LogP contribution is 2.29. The van der Waals surface area contributed by atoms with Gasteiger partial charge in [-0.25, -0.2) is 9.97 Å². The molecule has 1 saturated heterocycles. The lowest BCUT2D eigenvalue weighted by Crippen LogP contribution is -2.35. The first-order valence-corrected chi connectivity index (χ1v) is 6.94. The van der Waals surface area contributed by atoms with Crippen molar-refractivity contribution >= 4 is 22.4 Å². The van der Waals surface area contributed by atoms with Gasteiger partial charge in [-0.1, -0.05) is 0 Å². The minimum Gasteiger partial charge on any atom is -0.396 e. The van der Waals surface area contributed by atoms with E-state index < -0.39 is 4.92 Å². The number of non-ortho nitro benzene ring substituents is 1. The van der Waals surface area contributed by atoms with Gasteiger partial charge in [0.15, 0.2) is 0 Å². The average Bonchev–Trinajstić information content (AvgIpc) is 2.54. The second-order valence-electron chi connectivity index (χ2n) is 5.27. The van der Waals surface area contributed by atoms with E-state index in [0.717, 1.165) is 31.7 Å². The van der Waals surface area contributed by atoms with Crippen LogP contribution in [0.5, 0.6) is 0 Å². The summed E-state index contributed by atoms with van der Waals surface area (Å²) in [6.07, 6.45) is 3.29. The van der Waals surface area contributed by atoms with Crippen molar-refractivity contribution < 1.29 is 10.0 Å². The van der Waals surface area contributed by atoms with Crippen molar-refractivity contribution in [2.24, 2.45) is 5.92 Å². The van der Waals surface area contributed by atoms with E-state index in [4.69, 9.17) is 0 Å². The zero-order valence-corrected chi connectivity index (χ0v) is 11.5. The highest BCUT2D eigenvalue weighted by molar-refractivity contribution is 5.91. The largest absolute Gasteiger partial charge is 0.396 e. The van der Waals surface area contributed by atoms with Crippen LogP contribution in [0.1, 0.15) is 12.8 Å². The Balaban J connectivity index is 1.98.